The third kappa shape index (κ3) is 2.78. The Morgan fingerprint density at radius 1 is 1.05 bits per heavy atom. The first-order valence-electron chi connectivity index (χ1n) is 7.83. The molecule has 1 spiro atoms. The molecule has 2 nitrogen and oxygen atoms in total. The maximum atomic E-state index is 12.2. The molecule has 0 atom stereocenters. The van der Waals surface area contributed by atoms with Crippen LogP contribution in [0.1, 0.15) is 50.5 Å². The number of nitrogens with two attached hydrogens (primary N) is 1. The lowest BCUT2D eigenvalue weighted by molar-refractivity contribution is -0.0499. The van der Waals surface area contributed by atoms with Crippen LogP contribution >= 0.6 is 0 Å². The van der Waals surface area contributed by atoms with Crippen LogP contribution in [0.3, 0.4) is 0 Å². The molecule has 0 saturated heterocycles. The first-order valence-corrected chi connectivity index (χ1v) is 7.83. The molecular weight excluding hydrogens is 272 g/mol. The highest BCUT2D eigenvalue weighted by Gasteiger charge is 2.54. The summed E-state index contributed by atoms with van der Waals surface area (Å²) in [5, 5.41) is 0. The van der Waals surface area contributed by atoms with Gasteiger partial charge in [0, 0.05) is 12.0 Å². The van der Waals surface area contributed by atoms with Gasteiger partial charge in [-0.2, -0.15) is 8.78 Å². The van der Waals surface area contributed by atoms with Crippen LogP contribution in [0, 0.1) is 5.41 Å². The van der Waals surface area contributed by atoms with E-state index in [1.807, 2.05) is 12.1 Å². The van der Waals surface area contributed by atoms with Crippen LogP contribution < -0.4 is 10.5 Å². The molecule has 0 unspecified atom stereocenters. The molecule has 0 bridgehead atoms. The highest BCUT2D eigenvalue weighted by atomic mass is 19.3. The molecule has 1 aromatic rings. The molecule has 4 heteroatoms. The Labute approximate surface area is 124 Å². The standard InChI is InChI=1S/C17H23F2NO/c18-15(19)21-14-6-4-13(5-7-14)17(12-20)10-16(11-17)8-2-1-3-9-16/h4-7,15H,1-3,8-12,20H2. The number of hydrogen-bond acceptors (Lipinski definition) is 2. The Bertz CT molecular complexity index is 472. The molecule has 2 saturated carbocycles. The summed E-state index contributed by atoms with van der Waals surface area (Å²) in [5.74, 6) is 0.215. The molecule has 3 rings (SSSR count). The van der Waals surface area contributed by atoms with E-state index in [4.69, 9.17) is 5.73 Å². The summed E-state index contributed by atoms with van der Waals surface area (Å²) in [4.78, 5) is 0. The van der Waals surface area contributed by atoms with Gasteiger partial charge in [0.1, 0.15) is 5.75 Å². The van der Waals surface area contributed by atoms with E-state index in [0.717, 1.165) is 12.8 Å². The fourth-order valence-corrected chi connectivity index (χ4v) is 4.50. The summed E-state index contributed by atoms with van der Waals surface area (Å²) in [6.45, 7) is -2.14. The van der Waals surface area contributed by atoms with Gasteiger partial charge in [-0.3, -0.25) is 0 Å². The monoisotopic (exact) mass is 295 g/mol. The number of ether oxygens (including phenoxy) is 1. The van der Waals surface area contributed by atoms with Gasteiger partial charge >= 0.3 is 6.61 Å². The fourth-order valence-electron chi connectivity index (χ4n) is 4.50. The average molecular weight is 295 g/mol. The lowest BCUT2D eigenvalue weighted by Crippen LogP contribution is -2.54. The zero-order valence-electron chi connectivity index (χ0n) is 12.3. The van der Waals surface area contributed by atoms with Crippen LogP contribution in [0.4, 0.5) is 8.78 Å². The second-order valence-corrected chi connectivity index (χ2v) is 6.80. The predicted octanol–water partition coefficient (Wildman–Crippen LogP) is 4.23. The van der Waals surface area contributed by atoms with Crippen LogP contribution in [0.15, 0.2) is 24.3 Å². The van der Waals surface area contributed by atoms with Crippen LogP contribution in [0.2, 0.25) is 0 Å². The number of alkyl halides is 2. The average Bonchev–Trinajstić information content (AvgIpc) is 2.45. The Morgan fingerprint density at radius 2 is 1.67 bits per heavy atom. The van der Waals surface area contributed by atoms with E-state index in [2.05, 4.69) is 4.74 Å². The van der Waals surface area contributed by atoms with Crippen molar-refractivity contribution in [1.29, 1.82) is 0 Å². The van der Waals surface area contributed by atoms with Crippen molar-refractivity contribution in [3.63, 3.8) is 0 Å². The second-order valence-electron chi connectivity index (χ2n) is 6.80. The lowest BCUT2D eigenvalue weighted by atomic mass is 9.47. The van der Waals surface area contributed by atoms with E-state index in [1.165, 1.54) is 37.7 Å². The molecule has 1 aromatic carbocycles. The molecule has 2 fully saturated rings. The highest BCUT2D eigenvalue weighted by Crippen LogP contribution is 2.61. The normalized spacial score (nSPS) is 23.0. The minimum absolute atomic E-state index is 0.0424. The zero-order chi connectivity index (χ0) is 14.9. The van der Waals surface area contributed by atoms with Gasteiger partial charge in [-0.05, 0) is 48.8 Å². The molecular formula is C17H23F2NO. The maximum absolute atomic E-state index is 12.2. The van der Waals surface area contributed by atoms with Crippen LogP contribution in [-0.4, -0.2) is 13.2 Å². The van der Waals surface area contributed by atoms with E-state index in [0.29, 0.717) is 12.0 Å². The highest BCUT2D eigenvalue weighted by molar-refractivity contribution is 5.36. The Balaban J connectivity index is 1.72. The molecule has 0 aliphatic heterocycles. The van der Waals surface area contributed by atoms with Gasteiger partial charge in [-0.1, -0.05) is 31.4 Å². The first-order chi connectivity index (χ1) is 10.1. The Kier molecular flexibility index (Phi) is 3.91. The van der Waals surface area contributed by atoms with Gasteiger partial charge in [0.05, 0.1) is 0 Å². The van der Waals surface area contributed by atoms with Crippen LogP contribution in [0.25, 0.3) is 0 Å². The summed E-state index contributed by atoms with van der Waals surface area (Å²) in [6, 6.07) is 7.07. The van der Waals surface area contributed by atoms with Gasteiger partial charge in [-0.15, -0.1) is 0 Å². The van der Waals surface area contributed by atoms with E-state index in [-0.39, 0.29) is 11.2 Å². The molecule has 2 N–H and O–H groups in total. The SMILES string of the molecule is NCC1(c2ccc(OC(F)F)cc2)CC2(CCCCC2)C1. The summed E-state index contributed by atoms with van der Waals surface area (Å²) in [5.41, 5.74) is 7.77. The van der Waals surface area contributed by atoms with E-state index < -0.39 is 6.61 Å². The van der Waals surface area contributed by atoms with Crippen molar-refractivity contribution in [2.75, 3.05) is 6.54 Å². The predicted molar refractivity (Wildman–Crippen MR) is 78.6 cm³/mol. The van der Waals surface area contributed by atoms with E-state index in [1.54, 1.807) is 12.1 Å². The Morgan fingerprint density at radius 3 is 2.19 bits per heavy atom. The quantitative estimate of drug-likeness (QED) is 0.902. The molecule has 116 valence electrons. The second kappa shape index (κ2) is 5.56. The van der Waals surface area contributed by atoms with E-state index in [9.17, 15) is 8.78 Å². The molecule has 0 amide bonds. The molecule has 2 aliphatic carbocycles. The third-order valence-electron chi connectivity index (χ3n) is 5.42. The summed E-state index contributed by atoms with van der Waals surface area (Å²) in [7, 11) is 0. The molecule has 0 heterocycles. The van der Waals surface area contributed by atoms with Crippen LogP contribution in [-0.2, 0) is 5.41 Å². The number of hydrogen-bond donors (Lipinski definition) is 1. The van der Waals surface area contributed by atoms with Crippen LogP contribution in [0.5, 0.6) is 5.75 Å². The van der Waals surface area contributed by atoms with Crippen molar-refractivity contribution < 1.29 is 13.5 Å². The van der Waals surface area contributed by atoms with Crippen molar-refractivity contribution in [3.8, 4) is 5.75 Å². The van der Waals surface area contributed by atoms with Gasteiger partial charge < -0.3 is 10.5 Å². The maximum Gasteiger partial charge on any atom is 0.387 e. The minimum atomic E-state index is -2.77. The molecule has 0 radical (unpaired) electrons. The molecule has 21 heavy (non-hydrogen) atoms. The van der Waals surface area contributed by atoms with Crippen molar-refractivity contribution in [2.45, 2.75) is 57.0 Å². The number of rotatable bonds is 4. The van der Waals surface area contributed by atoms with Gasteiger partial charge in [0.25, 0.3) is 0 Å². The minimum Gasteiger partial charge on any atom is -0.435 e. The zero-order valence-corrected chi connectivity index (χ0v) is 12.3. The van der Waals surface area contributed by atoms with Gasteiger partial charge in [0.15, 0.2) is 0 Å². The first kappa shape index (κ1) is 14.8. The van der Waals surface area contributed by atoms with Crippen molar-refractivity contribution in [2.24, 2.45) is 11.1 Å². The number of benzene rings is 1. The molecule has 2 aliphatic rings. The van der Waals surface area contributed by atoms with Crippen molar-refractivity contribution >= 4 is 0 Å². The summed E-state index contributed by atoms with van der Waals surface area (Å²) < 4.78 is 28.8. The van der Waals surface area contributed by atoms with Crippen molar-refractivity contribution in [1.82, 2.24) is 0 Å². The Hall–Kier alpha value is -1.16. The number of halogens is 2. The fraction of sp³-hybridized carbons (Fsp3) is 0.647. The summed E-state index contributed by atoms with van der Waals surface area (Å²) >= 11 is 0. The lowest BCUT2D eigenvalue weighted by Gasteiger charge is -2.58. The molecule has 0 aromatic heterocycles. The van der Waals surface area contributed by atoms with Gasteiger partial charge in [0.2, 0.25) is 0 Å². The summed E-state index contributed by atoms with van der Waals surface area (Å²) in [6.07, 6.45) is 8.96. The largest absolute Gasteiger partial charge is 0.435 e. The topological polar surface area (TPSA) is 35.2 Å². The third-order valence-corrected chi connectivity index (χ3v) is 5.42. The van der Waals surface area contributed by atoms with E-state index >= 15 is 0 Å². The smallest absolute Gasteiger partial charge is 0.387 e. The van der Waals surface area contributed by atoms with Crippen molar-refractivity contribution in [3.05, 3.63) is 29.8 Å². The van der Waals surface area contributed by atoms with Gasteiger partial charge in [-0.25, -0.2) is 0 Å².